The van der Waals surface area contributed by atoms with Crippen LogP contribution in [0.3, 0.4) is 0 Å². The maximum Gasteiger partial charge on any atom is 0.177 e. The van der Waals surface area contributed by atoms with E-state index in [-0.39, 0.29) is 10.6 Å². The molecule has 3 N–H and O–H groups in total. The Bertz CT molecular complexity index is 692. The third-order valence-electron chi connectivity index (χ3n) is 2.82. The lowest BCUT2D eigenvalue weighted by Gasteiger charge is -2.12. The average Bonchev–Trinajstić information content (AvgIpc) is 2.72. The summed E-state index contributed by atoms with van der Waals surface area (Å²) >= 11 is 0. The van der Waals surface area contributed by atoms with Crippen molar-refractivity contribution in [3.05, 3.63) is 36.4 Å². The van der Waals surface area contributed by atoms with Crippen LogP contribution in [0.4, 0.5) is 11.4 Å². The number of sulfone groups is 1. The normalized spacial score (nSPS) is 11.5. The van der Waals surface area contributed by atoms with E-state index < -0.39 is 9.84 Å². The van der Waals surface area contributed by atoms with E-state index in [0.29, 0.717) is 12.2 Å². The van der Waals surface area contributed by atoms with E-state index in [0.717, 1.165) is 12.1 Å². The Labute approximate surface area is 112 Å². The van der Waals surface area contributed by atoms with Crippen LogP contribution in [0.1, 0.15) is 5.82 Å². The second-order valence-corrected chi connectivity index (χ2v) is 6.28. The number of nitrogens with two attached hydrogens (primary N) is 1. The number of nitrogens with one attached hydrogen (secondary N) is 1. The van der Waals surface area contributed by atoms with Crippen molar-refractivity contribution in [2.24, 2.45) is 7.05 Å². The molecule has 0 aliphatic carbocycles. The number of imidazole rings is 1. The number of para-hydroxylation sites is 1. The molecule has 0 amide bonds. The number of nitrogens with zero attached hydrogens (tertiary/aromatic N) is 2. The first-order chi connectivity index (χ1) is 8.89. The van der Waals surface area contributed by atoms with Crippen LogP contribution in [-0.4, -0.2) is 24.2 Å². The van der Waals surface area contributed by atoms with E-state index in [1.165, 1.54) is 6.07 Å². The summed E-state index contributed by atoms with van der Waals surface area (Å²) in [6.45, 7) is 0.473. The summed E-state index contributed by atoms with van der Waals surface area (Å²) in [6.07, 6.45) is 4.68. The average molecular weight is 280 g/mol. The van der Waals surface area contributed by atoms with E-state index in [1.54, 1.807) is 18.3 Å². The fourth-order valence-corrected chi connectivity index (χ4v) is 2.60. The van der Waals surface area contributed by atoms with Crippen molar-refractivity contribution in [1.82, 2.24) is 9.55 Å². The molecule has 0 radical (unpaired) electrons. The van der Waals surface area contributed by atoms with E-state index in [4.69, 9.17) is 5.73 Å². The second kappa shape index (κ2) is 4.93. The third kappa shape index (κ3) is 2.87. The van der Waals surface area contributed by atoms with E-state index in [2.05, 4.69) is 10.3 Å². The van der Waals surface area contributed by atoms with E-state index in [1.807, 2.05) is 17.8 Å². The van der Waals surface area contributed by atoms with Crippen molar-refractivity contribution in [2.75, 3.05) is 17.3 Å². The number of benzene rings is 1. The van der Waals surface area contributed by atoms with Gasteiger partial charge in [-0.2, -0.15) is 0 Å². The van der Waals surface area contributed by atoms with Crippen molar-refractivity contribution in [3.63, 3.8) is 0 Å². The summed E-state index contributed by atoms with van der Waals surface area (Å²) < 4.78 is 25.0. The molecule has 7 heteroatoms. The molecule has 0 unspecified atom stereocenters. The summed E-state index contributed by atoms with van der Waals surface area (Å²) in [7, 11) is -1.43. The van der Waals surface area contributed by atoms with Gasteiger partial charge < -0.3 is 15.6 Å². The molecular weight excluding hydrogens is 264 g/mol. The molecule has 0 aliphatic heterocycles. The van der Waals surface area contributed by atoms with Gasteiger partial charge in [0.2, 0.25) is 0 Å². The van der Waals surface area contributed by atoms with Crippen molar-refractivity contribution in [2.45, 2.75) is 11.4 Å². The molecule has 0 saturated carbocycles. The zero-order valence-corrected chi connectivity index (χ0v) is 11.6. The van der Waals surface area contributed by atoms with Crippen LogP contribution in [0.15, 0.2) is 35.5 Å². The molecule has 0 aliphatic rings. The minimum Gasteiger partial charge on any atom is -0.396 e. The van der Waals surface area contributed by atoms with Crippen LogP contribution in [0.5, 0.6) is 0 Å². The summed E-state index contributed by atoms with van der Waals surface area (Å²) in [6, 6.07) is 4.90. The number of rotatable bonds is 4. The lowest BCUT2D eigenvalue weighted by Crippen LogP contribution is -2.09. The van der Waals surface area contributed by atoms with Crippen LogP contribution in [0.2, 0.25) is 0 Å². The molecule has 1 aromatic heterocycles. The van der Waals surface area contributed by atoms with Gasteiger partial charge in [-0.1, -0.05) is 6.07 Å². The molecule has 1 aromatic carbocycles. The van der Waals surface area contributed by atoms with Gasteiger partial charge in [0.1, 0.15) is 5.82 Å². The molecule has 2 aromatic rings. The third-order valence-corrected chi connectivity index (χ3v) is 3.98. The number of aromatic nitrogens is 2. The summed E-state index contributed by atoms with van der Waals surface area (Å²) in [5.41, 5.74) is 6.70. The van der Waals surface area contributed by atoms with Crippen molar-refractivity contribution >= 4 is 21.2 Å². The highest BCUT2D eigenvalue weighted by atomic mass is 32.2. The number of hydrogen-bond acceptors (Lipinski definition) is 5. The van der Waals surface area contributed by atoms with Crippen molar-refractivity contribution in [1.29, 1.82) is 0 Å². The molecular formula is C12H16N4O2S. The Hall–Kier alpha value is -2.02. The van der Waals surface area contributed by atoms with Gasteiger partial charge in [0, 0.05) is 25.7 Å². The first kappa shape index (κ1) is 13.4. The monoisotopic (exact) mass is 280 g/mol. The van der Waals surface area contributed by atoms with Gasteiger partial charge >= 0.3 is 0 Å². The quantitative estimate of drug-likeness (QED) is 0.816. The molecule has 0 fully saturated rings. The Morgan fingerprint density at radius 2 is 2.16 bits per heavy atom. The Morgan fingerprint density at radius 3 is 2.74 bits per heavy atom. The second-order valence-electron chi connectivity index (χ2n) is 4.30. The summed E-state index contributed by atoms with van der Waals surface area (Å²) in [4.78, 5) is 4.31. The molecule has 0 bridgehead atoms. The summed E-state index contributed by atoms with van der Waals surface area (Å²) in [5, 5.41) is 3.10. The molecule has 6 nitrogen and oxygen atoms in total. The molecule has 0 saturated heterocycles. The fourth-order valence-electron chi connectivity index (χ4n) is 1.76. The molecule has 0 spiro atoms. The Morgan fingerprint density at radius 1 is 1.42 bits per heavy atom. The Kier molecular flexibility index (Phi) is 3.48. The van der Waals surface area contributed by atoms with Crippen LogP contribution in [0.25, 0.3) is 0 Å². The predicted octanol–water partition coefficient (Wildman–Crippen LogP) is 1.02. The van der Waals surface area contributed by atoms with Crippen LogP contribution in [-0.2, 0) is 23.4 Å². The zero-order valence-electron chi connectivity index (χ0n) is 10.8. The minimum atomic E-state index is -3.32. The van der Waals surface area contributed by atoms with E-state index >= 15 is 0 Å². The number of hydrogen-bond donors (Lipinski definition) is 2. The molecule has 2 rings (SSSR count). The number of aryl methyl sites for hydroxylation is 1. The smallest absolute Gasteiger partial charge is 0.177 e. The summed E-state index contributed by atoms with van der Waals surface area (Å²) in [5.74, 6) is 0.837. The van der Waals surface area contributed by atoms with Crippen LogP contribution in [0, 0.1) is 0 Å². The lowest BCUT2D eigenvalue weighted by molar-refractivity contribution is 0.602. The van der Waals surface area contributed by atoms with Crippen LogP contribution >= 0.6 is 0 Å². The van der Waals surface area contributed by atoms with Gasteiger partial charge in [-0.25, -0.2) is 13.4 Å². The lowest BCUT2D eigenvalue weighted by atomic mass is 10.2. The first-order valence-corrected chi connectivity index (χ1v) is 7.57. The fraction of sp³-hybridized carbons (Fsp3) is 0.250. The largest absolute Gasteiger partial charge is 0.396 e. The van der Waals surface area contributed by atoms with Crippen molar-refractivity contribution in [3.8, 4) is 0 Å². The maximum atomic E-state index is 11.6. The van der Waals surface area contributed by atoms with Gasteiger partial charge in [-0.05, 0) is 12.1 Å². The van der Waals surface area contributed by atoms with E-state index in [9.17, 15) is 8.42 Å². The maximum absolute atomic E-state index is 11.6. The molecule has 0 atom stereocenters. The van der Waals surface area contributed by atoms with Gasteiger partial charge in [-0.15, -0.1) is 0 Å². The highest BCUT2D eigenvalue weighted by Crippen LogP contribution is 2.26. The van der Waals surface area contributed by atoms with Gasteiger partial charge in [0.25, 0.3) is 0 Å². The van der Waals surface area contributed by atoms with Gasteiger partial charge in [-0.3, -0.25) is 0 Å². The van der Waals surface area contributed by atoms with Crippen LogP contribution < -0.4 is 11.1 Å². The predicted molar refractivity (Wildman–Crippen MR) is 74.5 cm³/mol. The molecule has 102 valence electrons. The van der Waals surface area contributed by atoms with Gasteiger partial charge in [0.05, 0.1) is 22.8 Å². The Balaban J connectivity index is 2.25. The van der Waals surface area contributed by atoms with Gasteiger partial charge in [0.15, 0.2) is 9.84 Å². The molecule has 1 heterocycles. The number of anilines is 2. The van der Waals surface area contributed by atoms with Crippen molar-refractivity contribution < 1.29 is 8.42 Å². The minimum absolute atomic E-state index is 0.136. The zero-order chi connectivity index (χ0) is 14.0. The number of nitrogen functional groups attached to an aromatic ring is 1. The highest BCUT2D eigenvalue weighted by Gasteiger charge is 2.14. The SMILES string of the molecule is Cn1ccnc1CNc1cccc(S(C)(=O)=O)c1N. The standard InChI is InChI=1S/C12H16N4O2S/c1-16-7-6-14-11(16)8-15-9-4-3-5-10(12(9)13)19(2,17)18/h3-7,15H,8,13H2,1-2H3. The first-order valence-electron chi connectivity index (χ1n) is 5.68. The highest BCUT2D eigenvalue weighted by molar-refractivity contribution is 7.90. The molecule has 19 heavy (non-hydrogen) atoms. The topological polar surface area (TPSA) is 90.0 Å².